The van der Waals surface area contributed by atoms with Gasteiger partial charge in [0.1, 0.15) is 0 Å². The van der Waals surface area contributed by atoms with Gasteiger partial charge in [0, 0.05) is 50.8 Å². The summed E-state index contributed by atoms with van der Waals surface area (Å²) >= 11 is 0. The number of nitrogens with one attached hydrogen (secondary N) is 1. The van der Waals surface area contributed by atoms with Crippen LogP contribution in [-0.4, -0.2) is 73.9 Å². The lowest BCUT2D eigenvalue weighted by atomic mass is 10.1. The van der Waals surface area contributed by atoms with Gasteiger partial charge in [-0.1, -0.05) is 27.2 Å². The minimum absolute atomic E-state index is 0.590. The second kappa shape index (κ2) is 8.32. The van der Waals surface area contributed by atoms with Crippen LogP contribution in [0.2, 0.25) is 0 Å². The van der Waals surface area contributed by atoms with Crippen LogP contribution in [0, 0.1) is 0 Å². The monoisotopic (exact) mass is 283 g/mol. The second-order valence-corrected chi connectivity index (χ2v) is 6.59. The van der Waals surface area contributed by atoms with E-state index in [0.717, 1.165) is 38.9 Å². The SMILES string of the molecule is CCCC(CNC(C)C)N1CCC(N2CCOCC2)C1. The van der Waals surface area contributed by atoms with Crippen molar-refractivity contribution < 1.29 is 4.74 Å². The number of rotatable bonds is 7. The van der Waals surface area contributed by atoms with Gasteiger partial charge in [-0.15, -0.1) is 0 Å². The summed E-state index contributed by atoms with van der Waals surface area (Å²) in [7, 11) is 0. The molecule has 0 aromatic carbocycles. The topological polar surface area (TPSA) is 27.7 Å². The van der Waals surface area contributed by atoms with Crippen LogP contribution in [0.1, 0.15) is 40.0 Å². The molecule has 0 aliphatic carbocycles. The van der Waals surface area contributed by atoms with Gasteiger partial charge < -0.3 is 10.1 Å². The number of hydrogen-bond acceptors (Lipinski definition) is 4. The van der Waals surface area contributed by atoms with Crippen molar-refractivity contribution in [2.75, 3.05) is 45.9 Å². The zero-order chi connectivity index (χ0) is 14.4. The van der Waals surface area contributed by atoms with Crippen molar-refractivity contribution in [2.24, 2.45) is 0 Å². The molecule has 2 rings (SSSR count). The van der Waals surface area contributed by atoms with E-state index < -0.39 is 0 Å². The maximum absolute atomic E-state index is 5.47. The smallest absolute Gasteiger partial charge is 0.0594 e. The first kappa shape index (κ1) is 16.2. The number of likely N-dealkylation sites (tertiary alicyclic amines) is 1. The highest BCUT2D eigenvalue weighted by molar-refractivity contribution is 4.88. The van der Waals surface area contributed by atoms with Gasteiger partial charge in [0.2, 0.25) is 0 Å². The van der Waals surface area contributed by atoms with Gasteiger partial charge in [-0.05, 0) is 12.8 Å². The van der Waals surface area contributed by atoms with Crippen molar-refractivity contribution in [2.45, 2.75) is 58.2 Å². The van der Waals surface area contributed by atoms with Gasteiger partial charge >= 0.3 is 0 Å². The summed E-state index contributed by atoms with van der Waals surface area (Å²) in [4.78, 5) is 5.36. The lowest BCUT2D eigenvalue weighted by Gasteiger charge is -2.33. The van der Waals surface area contributed by atoms with E-state index in [1.54, 1.807) is 0 Å². The van der Waals surface area contributed by atoms with E-state index in [1.807, 2.05) is 0 Å². The molecule has 2 unspecified atom stereocenters. The van der Waals surface area contributed by atoms with E-state index in [9.17, 15) is 0 Å². The molecule has 0 aromatic rings. The molecule has 2 fully saturated rings. The average molecular weight is 283 g/mol. The summed E-state index contributed by atoms with van der Waals surface area (Å²) in [5.74, 6) is 0. The molecule has 118 valence electrons. The summed E-state index contributed by atoms with van der Waals surface area (Å²) in [6.45, 7) is 14.5. The standard InChI is InChI=1S/C16H33N3O/c1-4-5-15(12-17-14(2)3)19-7-6-16(13-19)18-8-10-20-11-9-18/h14-17H,4-13H2,1-3H3. The van der Waals surface area contributed by atoms with Crippen LogP contribution in [0.4, 0.5) is 0 Å². The Morgan fingerprint density at radius 3 is 2.60 bits per heavy atom. The second-order valence-electron chi connectivity index (χ2n) is 6.59. The normalized spacial score (nSPS) is 27.3. The molecule has 0 saturated carbocycles. The molecule has 0 amide bonds. The molecule has 2 atom stereocenters. The third kappa shape index (κ3) is 4.69. The van der Waals surface area contributed by atoms with Crippen LogP contribution < -0.4 is 5.32 Å². The Hall–Kier alpha value is -0.160. The maximum Gasteiger partial charge on any atom is 0.0594 e. The van der Waals surface area contributed by atoms with Crippen molar-refractivity contribution in [3.05, 3.63) is 0 Å². The zero-order valence-electron chi connectivity index (χ0n) is 13.6. The number of hydrogen-bond donors (Lipinski definition) is 1. The first-order valence-corrected chi connectivity index (χ1v) is 8.50. The van der Waals surface area contributed by atoms with Crippen molar-refractivity contribution in [1.29, 1.82) is 0 Å². The first-order valence-electron chi connectivity index (χ1n) is 8.50. The number of nitrogens with zero attached hydrogens (tertiary/aromatic N) is 2. The van der Waals surface area contributed by atoms with Gasteiger partial charge in [0.15, 0.2) is 0 Å². The molecule has 2 aliphatic heterocycles. The molecule has 20 heavy (non-hydrogen) atoms. The molecule has 0 aromatic heterocycles. The first-order chi connectivity index (χ1) is 9.70. The van der Waals surface area contributed by atoms with E-state index in [-0.39, 0.29) is 0 Å². The third-order valence-electron chi connectivity index (χ3n) is 4.66. The molecule has 2 aliphatic rings. The molecule has 0 bridgehead atoms. The minimum atomic E-state index is 0.590. The fourth-order valence-corrected chi connectivity index (χ4v) is 3.46. The van der Waals surface area contributed by atoms with E-state index >= 15 is 0 Å². The molecule has 4 nitrogen and oxygen atoms in total. The summed E-state index contributed by atoms with van der Waals surface area (Å²) in [6, 6.07) is 2.07. The van der Waals surface area contributed by atoms with Gasteiger partial charge in [0.05, 0.1) is 13.2 Å². The predicted octanol–water partition coefficient (Wildman–Crippen LogP) is 1.56. The predicted molar refractivity (Wildman–Crippen MR) is 84.2 cm³/mol. The van der Waals surface area contributed by atoms with Crippen LogP contribution in [-0.2, 0) is 4.74 Å². The highest BCUT2D eigenvalue weighted by Crippen LogP contribution is 2.20. The summed E-state index contributed by atoms with van der Waals surface area (Å²) in [6.07, 6.45) is 3.93. The molecular formula is C16H33N3O. The summed E-state index contributed by atoms with van der Waals surface area (Å²) < 4.78 is 5.47. The van der Waals surface area contributed by atoms with Gasteiger partial charge in [-0.3, -0.25) is 9.80 Å². The minimum Gasteiger partial charge on any atom is -0.379 e. The highest BCUT2D eigenvalue weighted by atomic mass is 16.5. The van der Waals surface area contributed by atoms with Gasteiger partial charge in [0.25, 0.3) is 0 Å². The van der Waals surface area contributed by atoms with Crippen molar-refractivity contribution in [3.8, 4) is 0 Å². The zero-order valence-corrected chi connectivity index (χ0v) is 13.6. The Morgan fingerprint density at radius 2 is 1.95 bits per heavy atom. The lowest BCUT2D eigenvalue weighted by molar-refractivity contribution is 0.0175. The molecule has 0 radical (unpaired) electrons. The molecule has 2 saturated heterocycles. The fraction of sp³-hybridized carbons (Fsp3) is 1.00. The Labute approximate surface area is 124 Å². The Kier molecular flexibility index (Phi) is 6.75. The number of ether oxygens (including phenoxy) is 1. The van der Waals surface area contributed by atoms with Crippen molar-refractivity contribution in [3.63, 3.8) is 0 Å². The van der Waals surface area contributed by atoms with Gasteiger partial charge in [-0.25, -0.2) is 0 Å². The largest absolute Gasteiger partial charge is 0.379 e. The number of morpholine rings is 1. The third-order valence-corrected chi connectivity index (χ3v) is 4.66. The van der Waals surface area contributed by atoms with Crippen molar-refractivity contribution in [1.82, 2.24) is 15.1 Å². The van der Waals surface area contributed by atoms with Crippen LogP contribution in [0.5, 0.6) is 0 Å². The molecular weight excluding hydrogens is 250 g/mol. The van der Waals surface area contributed by atoms with Gasteiger partial charge in [-0.2, -0.15) is 0 Å². The average Bonchev–Trinajstić information content (AvgIpc) is 2.94. The highest BCUT2D eigenvalue weighted by Gasteiger charge is 2.31. The Balaban J connectivity index is 1.81. The lowest BCUT2D eigenvalue weighted by Crippen LogP contribution is -2.47. The van der Waals surface area contributed by atoms with Crippen molar-refractivity contribution >= 4 is 0 Å². The van der Waals surface area contributed by atoms with Crippen LogP contribution >= 0.6 is 0 Å². The molecule has 1 N–H and O–H groups in total. The quantitative estimate of drug-likeness (QED) is 0.767. The van der Waals surface area contributed by atoms with Crippen LogP contribution in [0.25, 0.3) is 0 Å². The van der Waals surface area contributed by atoms with E-state index in [2.05, 4.69) is 35.9 Å². The molecule has 4 heteroatoms. The Morgan fingerprint density at radius 1 is 1.20 bits per heavy atom. The fourth-order valence-electron chi connectivity index (χ4n) is 3.46. The summed E-state index contributed by atoms with van der Waals surface area (Å²) in [5, 5.41) is 3.63. The van der Waals surface area contributed by atoms with E-state index in [0.29, 0.717) is 12.1 Å². The Bertz CT molecular complexity index is 266. The van der Waals surface area contributed by atoms with E-state index in [4.69, 9.17) is 4.74 Å². The molecule has 2 heterocycles. The van der Waals surface area contributed by atoms with E-state index in [1.165, 1.54) is 32.4 Å². The molecule has 0 spiro atoms. The summed E-state index contributed by atoms with van der Waals surface area (Å²) in [5.41, 5.74) is 0. The van der Waals surface area contributed by atoms with Crippen LogP contribution in [0.15, 0.2) is 0 Å². The maximum atomic E-state index is 5.47. The van der Waals surface area contributed by atoms with Crippen LogP contribution in [0.3, 0.4) is 0 Å².